The van der Waals surface area contributed by atoms with Gasteiger partial charge in [-0.2, -0.15) is 5.10 Å². The molecule has 0 aliphatic carbocycles. The SMILES string of the molecule is CCCC(C)(NC(=O)CCc1ccnn1C)C(=O)O. The first-order valence-electron chi connectivity index (χ1n) is 6.40. The summed E-state index contributed by atoms with van der Waals surface area (Å²) in [5.74, 6) is -1.25. The van der Waals surface area contributed by atoms with Crippen LogP contribution in [0, 0.1) is 0 Å². The summed E-state index contributed by atoms with van der Waals surface area (Å²) in [6.07, 6.45) is 3.59. The van der Waals surface area contributed by atoms with Gasteiger partial charge in [-0.25, -0.2) is 4.79 Å². The zero-order valence-corrected chi connectivity index (χ0v) is 11.6. The normalized spacial score (nSPS) is 13.8. The Hall–Kier alpha value is -1.85. The average molecular weight is 267 g/mol. The Bertz CT molecular complexity index is 456. The first-order chi connectivity index (χ1) is 8.89. The molecule has 19 heavy (non-hydrogen) atoms. The zero-order valence-electron chi connectivity index (χ0n) is 11.6. The van der Waals surface area contributed by atoms with E-state index < -0.39 is 11.5 Å². The standard InChI is InChI=1S/C13H21N3O3/c1-4-8-13(2,12(18)19)15-11(17)6-5-10-7-9-14-16(10)3/h7,9H,4-6,8H2,1-3H3,(H,15,17)(H,18,19). The lowest BCUT2D eigenvalue weighted by Crippen LogP contribution is -2.52. The van der Waals surface area contributed by atoms with Crippen molar-refractivity contribution in [2.75, 3.05) is 0 Å². The van der Waals surface area contributed by atoms with Gasteiger partial charge in [0.1, 0.15) is 5.54 Å². The largest absolute Gasteiger partial charge is 0.480 e. The zero-order chi connectivity index (χ0) is 14.5. The number of aromatic nitrogens is 2. The minimum absolute atomic E-state index is 0.250. The Kier molecular flexibility index (Phi) is 5.09. The van der Waals surface area contributed by atoms with Gasteiger partial charge in [-0.1, -0.05) is 13.3 Å². The number of amides is 1. The third-order valence-corrected chi connectivity index (χ3v) is 3.17. The van der Waals surface area contributed by atoms with E-state index in [2.05, 4.69) is 10.4 Å². The van der Waals surface area contributed by atoms with Crippen molar-refractivity contribution in [3.63, 3.8) is 0 Å². The molecule has 1 heterocycles. The van der Waals surface area contributed by atoms with E-state index in [-0.39, 0.29) is 12.3 Å². The lowest BCUT2D eigenvalue weighted by atomic mass is 9.96. The number of carbonyl (C=O) groups excluding carboxylic acids is 1. The molecule has 0 aliphatic heterocycles. The minimum atomic E-state index is -1.18. The molecule has 1 aromatic heterocycles. The first kappa shape index (κ1) is 15.2. The van der Waals surface area contributed by atoms with Crippen LogP contribution in [-0.2, 0) is 23.1 Å². The van der Waals surface area contributed by atoms with Gasteiger partial charge in [0.05, 0.1) is 0 Å². The van der Waals surface area contributed by atoms with Gasteiger partial charge in [0, 0.05) is 25.4 Å². The van der Waals surface area contributed by atoms with Gasteiger partial charge in [-0.05, 0) is 25.8 Å². The van der Waals surface area contributed by atoms with E-state index in [0.717, 1.165) is 5.69 Å². The number of hydrogen-bond acceptors (Lipinski definition) is 3. The molecule has 0 aliphatic rings. The van der Waals surface area contributed by atoms with Crippen LogP contribution in [-0.4, -0.2) is 32.3 Å². The molecule has 1 rings (SSSR count). The second kappa shape index (κ2) is 6.36. The number of aryl methyl sites for hydroxylation is 2. The molecule has 0 fully saturated rings. The van der Waals surface area contributed by atoms with Crippen molar-refractivity contribution in [2.45, 2.75) is 45.1 Å². The predicted octanol–water partition coefficient (Wildman–Crippen LogP) is 1.11. The molecule has 0 aromatic carbocycles. The van der Waals surface area contributed by atoms with Crippen molar-refractivity contribution in [3.8, 4) is 0 Å². The Labute approximate surface area is 112 Å². The maximum absolute atomic E-state index is 11.8. The van der Waals surface area contributed by atoms with Crippen molar-refractivity contribution in [2.24, 2.45) is 7.05 Å². The molecule has 0 saturated heterocycles. The Balaban J connectivity index is 2.54. The summed E-state index contributed by atoms with van der Waals surface area (Å²) in [6.45, 7) is 3.43. The van der Waals surface area contributed by atoms with Crippen molar-refractivity contribution in [1.82, 2.24) is 15.1 Å². The number of carboxylic acids is 1. The fourth-order valence-electron chi connectivity index (χ4n) is 1.98. The number of carbonyl (C=O) groups is 2. The highest BCUT2D eigenvalue weighted by Gasteiger charge is 2.33. The summed E-state index contributed by atoms with van der Waals surface area (Å²) in [5, 5.41) is 15.8. The van der Waals surface area contributed by atoms with Gasteiger partial charge in [-0.3, -0.25) is 9.48 Å². The molecule has 1 unspecified atom stereocenters. The highest BCUT2D eigenvalue weighted by atomic mass is 16.4. The van der Waals surface area contributed by atoms with E-state index in [1.54, 1.807) is 17.8 Å². The molecule has 2 N–H and O–H groups in total. The van der Waals surface area contributed by atoms with Crippen LogP contribution in [0.4, 0.5) is 0 Å². The van der Waals surface area contributed by atoms with Crippen LogP contribution in [0.3, 0.4) is 0 Å². The van der Waals surface area contributed by atoms with E-state index >= 15 is 0 Å². The molecular formula is C13H21N3O3. The van der Waals surface area contributed by atoms with Gasteiger partial charge >= 0.3 is 5.97 Å². The van der Waals surface area contributed by atoms with Gasteiger partial charge in [0.2, 0.25) is 5.91 Å². The number of nitrogens with zero attached hydrogens (tertiary/aromatic N) is 2. The first-order valence-corrected chi connectivity index (χ1v) is 6.40. The molecule has 106 valence electrons. The molecule has 1 atom stereocenters. The van der Waals surface area contributed by atoms with Gasteiger partial charge in [0.15, 0.2) is 0 Å². The van der Waals surface area contributed by atoms with E-state index in [1.165, 1.54) is 0 Å². The summed E-state index contributed by atoms with van der Waals surface area (Å²) in [7, 11) is 1.81. The number of aliphatic carboxylic acids is 1. The smallest absolute Gasteiger partial charge is 0.329 e. The van der Waals surface area contributed by atoms with E-state index in [4.69, 9.17) is 0 Å². The summed E-state index contributed by atoms with van der Waals surface area (Å²) >= 11 is 0. The van der Waals surface area contributed by atoms with Gasteiger partial charge < -0.3 is 10.4 Å². The highest BCUT2D eigenvalue weighted by Crippen LogP contribution is 2.13. The lowest BCUT2D eigenvalue weighted by molar-refractivity contribution is -0.147. The third-order valence-electron chi connectivity index (χ3n) is 3.17. The van der Waals surface area contributed by atoms with Crippen molar-refractivity contribution >= 4 is 11.9 Å². The Morgan fingerprint density at radius 2 is 2.21 bits per heavy atom. The number of carboxylic acid groups (broad SMARTS) is 1. The summed E-state index contributed by atoms with van der Waals surface area (Å²) in [5.41, 5.74) is -0.235. The Morgan fingerprint density at radius 1 is 1.53 bits per heavy atom. The molecule has 0 spiro atoms. The molecule has 0 radical (unpaired) electrons. The molecular weight excluding hydrogens is 246 g/mol. The summed E-state index contributed by atoms with van der Waals surface area (Å²) < 4.78 is 1.70. The van der Waals surface area contributed by atoms with Crippen molar-refractivity contribution in [1.29, 1.82) is 0 Å². The monoisotopic (exact) mass is 267 g/mol. The van der Waals surface area contributed by atoms with E-state index in [9.17, 15) is 14.7 Å². The van der Waals surface area contributed by atoms with Crippen LogP contribution in [0.5, 0.6) is 0 Å². The number of hydrogen-bond donors (Lipinski definition) is 2. The molecule has 6 heteroatoms. The fraction of sp³-hybridized carbons (Fsp3) is 0.615. The van der Waals surface area contributed by atoms with Crippen molar-refractivity contribution < 1.29 is 14.7 Å². The summed E-state index contributed by atoms with van der Waals surface area (Å²) in [6, 6.07) is 1.84. The van der Waals surface area contributed by atoms with Crippen LogP contribution >= 0.6 is 0 Å². The lowest BCUT2D eigenvalue weighted by Gasteiger charge is -2.25. The van der Waals surface area contributed by atoms with E-state index in [0.29, 0.717) is 19.3 Å². The van der Waals surface area contributed by atoms with Crippen LogP contribution in [0.1, 0.15) is 38.8 Å². The second-order valence-corrected chi connectivity index (χ2v) is 4.88. The number of rotatable bonds is 7. The van der Waals surface area contributed by atoms with Crippen LogP contribution < -0.4 is 5.32 Å². The minimum Gasteiger partial charge on any atom is -0.480 e. The maximum Gasteiger partial charge on any atom is 0.329 e. The predicted molar refractivity (Wildman–Crippen MR) is 70.6 cm³/mol. The van der Waals surface area contributed by atoms with Crippen LogP contribution in [0.15, 0.2) is 12.3 Å². The molecule has 6 nitrogen and oxygen atoms in total. The topological polar surface area (TPSA) is 84.2 Å². The van der Waals surface area contributed by atoms with Crippen LogP contribution in [0.2, 0.25) is 0 Å². The second-order valence-electron chi connectivity index (χ2n) is 4.88. The summed E-state index contributed by atoms with van der Waals surface area (Å²) in [4.78, 5) is 23.0. The van der Waals surface area contributed by atoms with Gasteiger partial charge in [-0.15, -0.1) is 0 Å². The fourth-order valence-corrected chi connectivity index (χ4v) is 1.98. The molecule has 1 aromatic rings. The van der Waals surface area contributed by atoms with Crippen LogP contribution in [0.25, 0.3) is 0 Å². The molecule has 0 saturated carbocycles. The quantitative estimate of drug-likeness (QED) is 0.775. The average Bonchev–Trinajstić information content (AvgIpc) is 2.72. The van der Waals surface area contributed by atoms with E-state index in [1.807, 2.05) is 20.0 Å². The maximum atomic E-state index is 11.8. The molecule has 1 amide bonds. The molecule has 0 bridgehead atoms. The Morgan fingerprint density at radius 3 is 2.68 bits per heavy atom. The highest BCUT2D eigenvalue weighted by molar-refractivity contribution is 5.86. The van der Waals surface area contributed by atoms with Crippen molar-refractivity contribution in [3.05, 3.63) is 18.0 Å². The number of nitrogens with one attached hydrogen (secondary N) is 1. The third kappa shape index (κ3) is 4.08. The van der Waals surface area contributed by atoms with Gasteiger partial charge in [0.25, 0.3) is 0 Å².